The van der Waals surface area contributed by atoms with Gasteiger partial charge in [0.2, 0.25) is 0 Å². The van der Waals surface area contributed by atoms with Crippen molar-refractivity contribution in [3.8, 4) is 0 Å². The minimum Gasteiger partial charge on any atom is -0.463 e. The van der Waals surface area contributed by atoms with Gasteiger partial charge in [-0.15, -0.1) is 0 Å². The highest BCUT2D eigenvalue weighted by molar-refractivity contribution is 5.86. The summed E-state index contributed by atoms with van der Waals surface area (Å²) >= 11 is 0. The molecule has 19 heavy (non-hydrogen) atoms. The van der Waals surface area contributed by atoms with Gasteiger partial charge in [0.15, 0.2) is 0 Å². The van der Waals surface area contributed by atoms with Crippen molar-refractivity contribution in [1.29, 1.82) is 0 Å². The van der Waals surface area contributed by atoms with Gasteiger partial charge in [0.05, 0.1) is 13.0 Å². The molecule has 0 aromatic rings. The third-order valence-electron chi connectivity index (χ3n) is 1.99. The lowest BCUT2D eigenvalue weighted by molar-refractivity contribution is -0.150. The third-order valence-corrected chi connectivity index (χ3v) is 1.99. The van der Waals surface area contributed by atoms with Crippen LogP contribution in [-0.4, -0.2) is 61.2 Å². The minimum absolute atomic E-state index is 0.00183. The first kappa shape index (κ1) is 17.6. The van der Waals surface area contributed by atoms with E-state index in [9.17, 15) is 14.7 Å². The maximum atomic E-state index is 11.2. The van der Waals surface area contributed by atoms with Gasteiger partial charge < -0.3 is 25.0 Å². The highest BCUT2D eigenvalue weighted by atomic mass is 16.6. The molecule has 0 bridgehead atoms. The number of esters is 2. The van der Waals surface area contributed by atoms with Crippen LogP contribution in [0.25, 0.3) is 0 Å². The minimum atomic E-state index is -1.06. The number of nitrogens with one attached hydrogen (secondary N) is 1. The summed E-state index contributed by atoms with van der Waals surface area (Å²) in [6, 6.07) is 0. The number of carbonyl (C=O) groups excluding carboxylic acids is 2. The molecule has 0 spiro atoms. The number of rotatable bonds is 10. The molecule has 7 nitrogen and oxygen atoms in total. The smallest absolute Gasteiger partial charge is 0.333 e. The van der Waals surface area contributed by atoms with Crippen LogP contribution >= 0.6 is 0 Å². The van der Waals surface area contributed by atoms with Crippen LogP contribution in [0.5, 0.6) is 0 Å². The molecule has 0 heterocycles. The molecule has 0 saturated carbocycles. The average molecular weight is 275 g/mol. The summed E-state index contributed by atoms with van der Waals surface area (Å²) in [6.07, 6.45) is -0.921. The fraction of sp³-hybridized carbons (Fsp3) is 0.667. The van der Waals surface area contributed by atoms with Gasteiger partial charge in [-0.1, -0.05) is 6.58 Å². The Labute approximate surface area is 112 Å². The van der Waals surface area contributed by atoms with Gasteiger partial charge in [-0.3, -0.25) is 4.79 Å². The number of aliphatic hydroxyl groups excluding tert-OH is 2. The Morgan fingerprint density at radius 2 is 1.89 bits per heavy atom. The summed E-state index contributed by atoms with van der Waals surface area (Å²) in [5.74, 6) is -1.07. The largest absolute Gasteiger partial charge is 0.463 e. The molecule has 0 aliphatic heterocycles. The van der Waals surface area contributed by atoms with E-state index in [1.54, 1.807) is 0 Å². The highest BCUT2D eigenvalue weighted by Crippen LogP contribution is 1.96. The Morgan fingerprint density at radius 3 is 2.47 bits per heavy atom. The maximum absolute atomic E-state index is 11.2. The molecule has 0 aliphatic rings. The van der Waals surface area contributed by atoms with E-state index >= 15 is 0 Å². The van der Waals surface area contributed by atoms with Crippen molar-refractivity contribution in [1.82, 2.24) is 5.32 Å². The predicted octanol–water partition coefficient (Wildman–Crippen LogP) is -1.02. The molecule has 1 atom stereocenters. The zero-order chi connectivity index (χ0) is 14.7. The first-order chi connectivity index (χ1) is 8.97. The van der Waals surface area contributed by atoms with Crippen molar-refractivity contribution < 1.29 is 29.3 Å². The molecule has 0 aromatic carbocycles. The summed E-state index contributed by atoms with van der Waals surface area (Å²) in [7, 11) is 0. The zero-order valence-electron chi connectivity index (χ0n) is 11.1. The molecule has 0 aliphatic carbocycles. The lowest BCUT2D eigenvalue weighted by Crippen LogP contribution is -2.27. The van der Waals surface area contributed by atoms with Crippen molar-refractivity contribution in [2.75, 3.05) is 32.9 Å². The molecule has 1 unspecified atom stereocenters. The van der Waals surface area contributed by atoms with Crippen LogP contribution in [0.15, 0.2) is 12.2 Å². The van der Waals surface area contributed by atoms with Crippen LogP contribution in [0, 0.1) is 0 Å². The molecule has 110 valence electrons. The summed E-state index contributed by atoms with van der Waals surface area (Å²) in [5, 5.41) is 20.7. The van der Waals surface area contributed by atoms with Crippen molar-refractivity contribution in [3.05, 3.63) is 12.2 Å². The van der Waals surface area contributed by atoms with Gasteiger partial charge >= 0.3 is 11.9 Å². The van der Waals surface area contributed by atoms with Crippen molar-refractivity contribution >= 4 is 11.9 Å². The summed E-state index contributed by atoms with van der Waals surface area (Å²) < 4.78 is 9.46. The standard InChI is InChI=1S/C12H21NO6/c1-9(2)12(17)19-8-10(15)7-18-11(16)3-4-13-5-6-14/h10,13-15H,1,3-8H2,2H3. The second kappa shape index (κ2) is 10.5. The van der Waals surface area contributed by atoms with E-state index in [2.05, 4.69) is 11.9 Å². The van der Waals surface area contributed by atoms with Gasteiger partial charge in [-0.25, -0.2) is 4.79 Å². The molecular formula is C12H21NO6. The Bertz CT molecular complexity index is 305. The zero-order valence-corrected chi connectivity index (χ0v) is 11.1. The Kier molecular flexibility index (Phi) is 9.69. The van der Waals surface area contributed by atoms with E-state index in [0.29, 0.717) is 13.1 Å². The second-order valence-corrected chi connectivity index (χ2v) is 3.94. The summed E-state index contributed by atoms with van der Waals surface area (Å²) in [4.78, 5) is 22.2. The first-order valence-corrected chi connectivity index (χ1v) is 5.95. The number of aliphatic hydroxyl groups is 2. The molecule has 0 radical (unpaired) electrons. The Morgan fingerprint density at radius 1 is 1.26 bits per heavy atom. The van der Waals surface area contributed by atoms with Crippen LogP contribution in [-0.2, 0) is 19.1 Å². The Hall–Kier alpha value is -1.44. The van der Waals surface area contributed by atoms with Crippen molar-refractivity contribution in [2.24, 2.45) is 0 Å². The lowest BCUT2D eigenvalue weighted by Gasteiger charge is -2.12. The summed E-state index contributed by atoms with van der Waals surface area (Å²) in [5.41, 5.74) is 0.235. The van der Waals surface area contributed by atoms with E-state index in [0.717, 1.165) is 0 Å². The van der Waals surface area contributed by atoms with Gasteiger partial charge in [-0.05, 0) is 6.92 Å². The fourth-order valence-corrected chi connectivity index (χ4v) is 0.999. The first-order valence-electron chi connectivity index (χ1n) is 5.95. The summed E-state index contributed by atoms with van der Waals surface area (Å²) in [6.45, 7) is 5.20. The van der Waals surface area contributed by atoms with Crippen LogP contribution in [0.3, 0.4) is 0 Å². The monoisotopic (exact) mass is 275 g/mol. The predicted molar refractivity (Wildman–Crippen MR) is 67.3 cm³/mol. The quantitative estimate of drug-likeness (QED) is 0.266. The van der Waals surface area contributed by atoms with Gasteiger partial charge in [0, 0.05) is 18.7 Å². The van der Waals surface area contributed by atoms with Crippen LogP contribution < -0.4 is 5.32 Å². The van der Waals surface area contributed by atoms with Crippen molar-refractivity contribution in [2.45, 2.75) is 19.4 Å². The molecule has 7 heteroatoms. The van der Waals surface area contributed by atoms with E-state index in [1.165, 1.54) is 6.92 Å². The van der Waals surface area contributed by atoms with Crippen LogP contribution in [0.4, 0.5) is 0 Å². The molecule has 3 N–H and O–H groups in total. The molecule has 0 saturated heterocycles. The number of hydrogen-bond donors (Lipinski definition) is 3. The molecule has 0 aromatic heterocycles. The molecular weight excluding hydrogens is 254 g/mol. The van der Waals surface area contributed by atoms with Gasteiger partial charge in [0.1, 0.15) is 19.3 Å². The highest BCUT2D eigenvalue weighted by Gasteiger charge is 2.12. The maximum Gasteiger partial charge on any atom is 0.333 e. The van der Waals surface area contributed by atoms with Crippen LogP contribution in [0.1, 0.15) is 13.3 Å². The van der Waals surface area contributed by atoms with E-state index < -0.39 is 18.0 Å². The molecule has 0 rings (SSSR count). The third kappa shape index (κ3) is 10.2. The normalized spacial score (nSPS) is 11.7. The van der Waals surface area contributed by atoms with E-state index in [-0.39, 0.29) is 31.8 Å². The number of ether oxygens (including phenoxy) is 2. The average Bonchev–Trinajstić information content (AvgIpc) is 2.38. The van der Waals surface area contributed by atoms with Crippen molar-refractivity contribution in [3.63, 3.8) is 0 Å². The fourth-order valence-electron chi connectivity index (χ4n) is 0.999. The second-order valence-electron chi connectivity index (χ2n) is 3.94. The number of carbonyl (C=O) groups is 2. The van der Waals surface area contributed by atoms with E-state index in [4.69, 9.17) is 14.6 Å². The number of hydrogen-bond acceptors (Lipinski definition) is 7. The molecule has 0 amide bonds. The Balaban J connectivity index is 3.61. The van der Waals surface area contributed by atoms with E-state index in [1.807, 2.05) is 0 Å². The van der Waals surface area contributed by atoms with Gasteiger partial charge in [0.25, 0.3) is 0 Å². The van der Waals surface area contributed by atoms with Gasteiger partial charge in [-0.2, -0.15) is 0 Å². The SMILES string of the molecule is C=C(C)C(=O)OCC(O)COC(=O)CCNCCO. The lowest BCUT2D eigenvalue weighted by atomic mass is 10.3. The molecule has 0 fully saturated rings. The topological polar surface area (TPSA) is 105 Å². The van der Waals surface area contributed by atoms with Crippen LogP contribution in [0.2, 0.25) is 0 Å².